The summed E-state index contributed by atoms with van der Waals surface area (Å²) in [6.45, 7) is 13.9. The monoisotopic (exact) mass is 306 g/mol. The normalized spacial score (nSPS) is 13.4. The van der Waals surface area contributed by atoms with Crippen LogP contribution in [0.15, 0.2) is 72.3 Å². The molecule has 0 aliphatic rings. The second-order valence-electron chi connectivity index (χ2n) is 7.29. The number of hydrogen-bond acceptors (Lipinski definition) is 0. The minimum absolute atomic E-state index is 0.0125. The molecule has 122 valence electrons. The Hall–Kier alpha value is -1.82. The lowest BCUT2D eigenvalue weighted by molar-refractivity contribution is 0.183. The van der Waals surface area contributed by atoms with Crippen molar-refractivity contribution >= 4 is 0 Å². The lowest BCUT2D eigenvalue weighted by Gasteiger charge is -2.52. The standard InChI is InChI=1S/C23H30/c1-7-19(4)22(5,6)23(18(2)3,20-14-10-8-11-15-20)21-16-12-9-13-17-21/h7-18H,1-6H3. The van der Waals surface area contributed by atoms with Gasteiger partial charge in [-0.1, -0.05) is 100 Å². The van der Waals surface area contributed by atoms with E-state index in [2.05, 4.69) is 108 Å². The molecule has 0 aromatic heterocycles. The Morgan fingerprint density at radius 1 is 0.826 bits per heavy atom. The van der Waals surface area contributed by atoms with Gasteiger partial charge in [-0.3, -0.25) is 0 Å². The highest BCUT2D eigenvalue weighted by Gasteiger charge is 2.50. The molecule has 0 amide bonds. The molecule has 0 unspecified atom stereocenters. The Labute approximate surface area is 142 Å². The SMILES string of the molecule is CC=C(C)C(C)(C)C(c1ccccc1)(c1ccccc1)C(C)C. The molecular weight excluding hydrogens is 276 g/mol. The molecule has 0 heteroatoms. The van der Waals surface area contributed by atoms with Crippen LogP contribution in [0.5, 0.6) is 0 Å². The summed E-state index contributed by atoms with van der Waals surface area (Å²) in [6, 6.07) is 22.0. The largest absolute Gasteiger partial charge is 0.0881 e. The Balaban J connectivity index is 2.88. The molecule has 0 bridgehead atoms. The average molecular weight is 306 g/mol. The summed E-state index contributed by atoms with van der Waals surface area (Å²) >= 11 is 0. The molecule has 2 rings (SSSR count). The van der Waals surface area contributed by atoms with Crippen molar-refractivity contribution in [1.82, 2.24) is 0 Å². The third-order valence-electron chi connectivity index (χ3n) is 5.73. The van der Waals surface area contributed by atoms with E-state index in [-0.39, 0.29) is 10.8 Å². The average Bonchev–Trinajstić information content (AvgIpc) is 2.56. The van der Waals surface area contributed by atoms with Crippen LogP contribution in [0.3, 0.4) is 0 Å². The predicted octanol–water partition coefficient (Wildman–Crippen LogP) is 6.62. The molecule has 0 atom stereocenters. The predicted molar refractivity (Wildman–Crippen MR) is 102 cm³/mol. The van der Waals surface area contributed by atoms with Crippen LogP contribution in [0, 0.1) is 11.3 Å². The summed E-state index contributed by atoms with van der Waals surface area (Å²) < 4.78 is 0. The Morgan fingerprint density at radius 3 is 1.52 bits per heavy atom. The minimum Gasteiger partial charge on any atom is -0.0881 e. The topological polar surface area (TPSA) is 0 Å². The van der Waals surface area contributed by atoms with Gasteiger partial charge in [-0.15, -0.1) is 0 Å². The first-order valence-electron chi connectivity index (χ1n) is 8.63. The molecule has 0 fully saturated rings. The van der Waals surface area contributed by atoms with Gasteiger partial charge in [0, 0.05) is 5.41 Å². The van der Waals surface area contributed by atoms with Crippen LogP contribution in [0.25, 0.3) is 0 Å². The quantitative estimate of drug-likeness (QED) is 0.544. The molecule has 0 heterocycles. The summed E-state index contributed by atoms with van der Waals surface area (Å²) in [6.07, 6.45) is 2.27. The highest BCUT2D eigenvalue weighted by Crippen LogP contribution is 2.55. The molecule has 0 saturated carbocycles. The van der Waals surface area contributed by atoms with Gasteiger partial charge in [-0.05, 0) is 36.3 Å². The smallest absolute Gasteiger partial charge is 0.0313 e. The maximum Gasteiger partial charge on any atom is 0.0313 e. The van der Waals surface area contributed by atoms with Crippen LogP contribution in [0.2, 0.25) is 0 Å². The van der Waals surface area contributed by atoms with Crippen LogP contribution in [0.4, 0.5) is 0 Å². The molecule has 2 aromatic carbocycles. The van der Waals surface area contributed by atoms with Gasteiger partial charge >= 0.3 is 0 Å². The van der Waals surface area contributed by atoms with E-state index in [4.69, 9.17) is 0 Å². The van der Waals surface area contributed by atoms with Gasteiger partial charge < -0.3 is 0 Å². The molecule has 0 saturated heterocycles. The van der Waals surface area contributed by atoms with Crippen LogP contribution < -0.4 is 0 Å². The third kappa shape index (κ3) is 2.76. The Kier molecular flexibility index (Phi) is 5.14. The Bertz CT molecular complexity index is 605. The molecule has 0 aliphatic heterocycles. The fourth-order valence-corrected chi connectivity index (χ4v) is 4.35. The Morgan fingerprint density at radius 2 is 1.22 bits per heavy atom. The van der Waals surface area contributed by atoms with Crippen LogP contribution in [-0.4, -0.2) is 0 Å². The van der Waals surface area contributed by atoms with Crippen LogP contribution >= 0.6 is 0 Å². The first-order chi connectivity index (χ1) is 10.9. The van der Waals surface area contributed by atoms with Crippen molar-refractivity contribution in [2.24, 2.45) is 11.3 Å². The van der Waals surface area contributed by atoms with E-state index in [0.29, 0.717) is 5.92 Å². The van der Waals surface area contributed by atoms with Crippen molar-refractivity contribution < 1.29 is 0 Å². The number of allylic oxidation sites excluding steroid dienone is 2. The summed E-state index contributed by atoms with van der Waals surface area (Å²) in [5, 5.41) is 0. The third-order valence-corrected chi connectivity index (χ3v) is 5.73. The van der Waals surface area contributed by atoms with Gasteiger partial charge in [0.2, 0.25) is 0 Å². The van der Waals surface area contributed by atoms with Crippen molar-refractivity contribution in [2.45, 2.75) is 47.0 Å². The van der Waals surface area contributed by atoms with Crippen molar-refractivity contribution in [3.8, 4) is 0 Å². The minimum atomic E-state index is -0.0634. The zero-order valence-electron chi connectivity index (χ0n) is 15.4. The number of rotatable bonds is 5. The second kappa shape index (κ2) is 6.74. The van der Waals surface area contributed by atoms with Crippen molar-refractivity contribution in [2.75, 3.05) is 0 Å². The molecular formula is C23H30. The van der Waals surface area contributed by atoms with Crippen LogP contribution in [-0.2, 0) is 5.41 Å². The van der Waals surface area contributed by atoms with Gasteiger partial charge in [0.25, 0.3) is 0 Å². The van der Waals surface area contributed by atoms with Crippen molar-refractivity contribution in [3.05, 3.63) is 83.4 Å². The van der Waals surface area contributed by atoms with E-state index < -0.39 is 0 Å². The van der Waals surface area contributed by atoms with Crippen molar-refractivity contribution in [1.29, 1.82) is 0 Å². The summed E-state index contributed by atoms with van der Waals surface area (Å²) in [4.78, 5) is 0. The van der Waals surface area contributed by atoms with E-state index in [1.807, 2.05) is 0 Å². The fourth-order valence-electron chi connectivity index (χ4n) is 4.35. The molecule has 0 aliphatic carbocycles. The van der Waals surface area contributed by atoms with Crippen LogP contribution in [0.1, 0.15) is 52.7 Å². The van der Waals surface area contributed by atoms with E-state index in [9.17, 15) is 0 Å². The fraction of sp³-hybridized carbons (Fsp3) is 0.391. The summed E-state index contributed by atoms with van der Waals surface area (Å²) in [7, 11) is 0. The lowest BCUT2D eigenvalue weighted by atomic mass is 9.51. The zero-order valence-corrected chi connectivity index (χ0v) is 15.4. The first kappa shape index (κ1) is 17.5. The highest BCUT2D eigenvalue weighted by molar-refractivity contribution is 5.45. The van der Waals surface area contributed by atoms with E-state index >= 15 is 0 Å². The van der Waals surface area contributed by atoms with E-state index in [1.165, 1.54) is 16.7 Å². The summed E-state index contributed by atoms with van der Waals surface area (Å²) in [5.74, 6) is 0.470. The maximum absolute atomic E-state index is 2.39. The molecule has 0 nitrogen and oxygen atoms in total. The zero-order chi connectivity index (χ0) is 17.1. The van der Waals surface area contributed by atoms with Gasteiger partial charge in [-0.2, -0.15) is 0 Å². The van der Waals surface area contributed by atoms with E-state index in [0.717, 1.165) is 0 Å². The van der Waals surface area contributed by atoms with Gasteiger partial charge in [0.15, 0.2) is 0 Å². The molecule has 0 N–H and O–H groups in total. The second-order valence-corrected chi connectivity index (χ2v) is 7.29. The van der Waals surface area contributed by atoms with Gasteiger partial charge in [0.05, 0.1) is 0 Å². The first-order valence-corrected chi connectivity index (χ1v) is 8.63. The number of hydrogen-bond donors (Lipinski definition) is 0. The van der Waals surface area contributed by atoms with Gasteiger partial charge in [0.1, 0.15) is 0 Å². The highest BCUT2D eigenvalue weighted by atomic mass is 14.5. The molecule has 0 radical (unpaired) electrons. The number of benzene rings is 2. The molecule has 0 spiro atoms. The molecule has 2 aromatic rings. The maximum atomic E-state index is 2.39. The summed E-state index contributed by atoms with van der Waals surface area (Å²) in [5.41, 5.74) is 4.17. The van der Waals surface area contributed by atoms with Crippen molar-refractivity contribution in [3.63, 3.8) is 0 Å². The molecule has 23 heavy (non-hydrogen) atoms. The lowest BCUT2D eigenvalue weighted by Crippen LogP contribution is -2.48. The van der Waals surface area contributed by atoms with E-state index in [1.54, 1.807) is 0 Å². The van der Waals surface area contributed by atoms with Gasteiger partial charge in [-0.25, -0.2) is 0 Å².